The summed E-state index contributed by atoms with van der Waals surface area (Å²) in [6.07, 6.45) is 16.1. The van der Waals surface area contributed by atoms with E-state index in [1.54, 1.807) is 11.1 Å². The monoisotopic (exact) mass is 384 g/mol. The third kappa shape index (κ3) is 3.10. The summed E-state index contributed by atoms with van der Waals surface area (Å²) in [6, 6.07) is 0. The smallest absolute Gasteiger partial charge is 0.305 e. The second-order valence-corrected chi connectivity index (χ2v) is 11.0. The Hall–Kier alpha value is -1.05. The van der Waals surface area contributed by atoms with Gasteiger partial charge in [-0.15, -0.1) is 0 Å². The van der Waals surface area contributed by atoms with Gasteiger partial charge in [0.15, 0.2) is 0 Å². The molecule has 7 atom stereocenters. The number of carbonyl (C=O) groups excluding carboxylic acids is 1. The molecule has 28 heavy (non-hydrogen) atoms. The normalized spacial score (nSPS) is 43.2. The summed E-state index contributed by atoms with van der Waals surface area (Å²) < 4.78 is 4.88. The van der Waals surface area contributed by atoms with Crippen LogP contribution in [0.3, 0.4) is 0 Å². The first-order valence-corrected chi connectivity index (χ1v) is 11.8. The molecule has 0 heterocycles. The van der Waals surface area contributed by atoms with Gasteiger partial charge in [0.1, 0.15) is 0 Å². The van der Waals surface area contributed by atoms with Gasteiger partial charge in [-0.25, -0.2) is 0 Å². The Morgan fingerprint density at radius 2 is 1.93 bits per heavy atom. The minimum atomic E-state index is -0.0534. The van der Waals surface area contributed by atoms with E-state index in [4.69, 9.17) is 4.74 Å². The molecule has 4 rings (SSSR count). The van der Waals surface area contributed by atoms with Crippen LogP contribution >= 0.6 is 0 Å². The van der Waals surface area contributed by atoms with Gasteiger partial charge in [0.25, 0.3) is 0 Å². The number of hydrogen-bond acceptors (Lipinski definition) is 2. The molecule has 0 saturated heterocycles. The second kappa shape index (κ2) is 7.33. The van der Waals surface area contributed by atoms with Crippen molar-refractivity contribution in [1.82, 2.24) is 0 Å². The lowest BCUT2D eigenvalue weighted by Gasteiger charge is -2.55. The van der Waals surface area contributed by atoms with E-state index in [1.807, 2.05) is 0 Å². The second-order valence-electron chi connectivity index (χ2n) is 11.0. The highest BCUT2D eigenvalue weighted by Gasteiger charge is 2.56. The van der Waals surface area contributed by atoms with Crippen LogP contribution in [0, 0.1) is 40.4 Å². The zero-order chi connectivity index (χ0) is 20.1. The van der Waals surface area contributed by atoms with Crippen LogP contribution in [-0.2, 0) is 9.53 Å². The quantitative estimate of drug-likeness (QED) is 0.503. The molecule has 4 aliphatic carbocycles. The molecule has 2 heteroatoms. The van der Waals surface area contributed by atoms with Gasteiger partial charge in [0.05, 0.1) is 7.11 Å². The largest absolute Gasteiger partial charge is 0.469 e. The van der Waals surface area contributed by atoms with Crippen molar-refractivity contribution in [2.45, 2.75) is 85.5 Å². The SMILES string of the molecule is COC(=O)CC[C@@H](C)C1CCC2C3=CC=C4C[C@@H](C)CC[C@]4(C)C3CC[C@@]21C. The van der Waals surface area contributed by atoms with Gasteiger partial charge >= 0.3 is 5.97 Å². The zero-order valence-electron chi connectivity index (χ0n) is 18.7. The number of carbonyl (C=O) groups is 1. The van der Waals surface area contributed by atoms with Crippen LogP contribution in [0.4, 0.5) is 0 Å². The van der Waals surface area contributed by atoms with Crippen LogP contribution in [-0.4, -0.2) is 13.1 Å². The van der Waals surface area contributed by atoms with E-state index in [0.717, 1.165) is 30.1 Å². The van der Waals surface area contributed by atoms with Crippen molar-refractivity contribution in [3.8, 4) is 0 Å². The first kappa shape index (κ1) is 20.2. The minimum absolute atomic E-state index is 0.0534. The minimum Gasteiger partial charge on any atom is -0.469 e. The molecule has 3 saturated carbocycles. The molecule has 0 radical (unpaired) electrons. The number of methoxy groups -OCH3 is 1. The lowest BCUT2D eigenvalue weighted by Crippen LogP contribution is -2.46. The molecule has 0 N–H and O–H groups in total. The van der Waals surface area contributed by atoms with Crippen LogP contribution < -0.4 is 0 Å². The van der Waals surface area contributed by atoms with E-state index >= 15 is 0 Å². The van der Waals surface area contributed by atoms with E-state index in [0.29, 0.717) is 23.2 Å². The van der Waals surface area contributed by atoms with Crippen LogP contribution in [0.2, 0.25) is 0 Å². The van der Waals surface area contributed by atoms with Gasteiger partial charge in [0.2, 0.25) is 0 Å². The van der Waals surface area contributed by atoms with Crippen molar-refractivity contribution in [3.05, 3.63) is 23.3 Å². The van der Waals surface area contributed by atoms with Gasteiger partial charge in [-0.2, -0.15) is 0 Å². The van der Waals surface area contributed by atoms with Crippen molar-refractivity contribution in [3.63, 3.8) is 0 Å². The number of ether oxygens (including phenoxy) is 1. The number of fused-ring (bicyclic) bond motifs is 5. The Labute approximate surface area is 172 Å². The van der Waals surface area contributed by atoms with Gasteiger partial charge in [-0.05, 0) is 91.8 Å². The van der Waals surface area contributed by atoms with Crippen LogP contribution in [0.25, 0.3) is 0 Å². The molecular weight excluding hydrogens is 344 g/mol. The molecule has 2 nitrogen and oxygen atoms in total. The van der Waals surface area contributed by atoms with E-state index < -0.39 is 0 Å². The summed E-state index contributed by atoms with van der Waals surface area (Å²) >= 11 is 0. The van der Waals surface area contributed by atoms with Crippen molar-refractivity contribution >= 4 is 5.97 Å². The van der Waals surface area contributed by atoms with Gasteiger partial charge < -0.3 is 4.74 Å². The number of esters is 1. The van der Waals surface area contributed by atoms with Crippen molar-refractivity contribution in [2.75, 3.05) is 7.11 Å². The Balaban J connectivity index is 1.55. The molecule has 0 aromatic carbocycles. The summed E-state index contributed by atoms with van der Waals surface area (Å²) in [5.41, 5.74) is 4.37. The first-order valence-electron chi connectivity index (χ1n) is 11.8. The third-order valence-corrected chi connectivity index (χ3v) is 9.61. The summed E-state index contributed by atoms with van der Waals surface area (Å²) in [4.78, 5) is 11.6. The van der Waals surface area contributed by atoms with Gasteiger partial charge in [-0.3, -0.25) is 4.79 Å². The highest BCUT2D eigenvalue weighted by molar-refractivity contribution is 5.69. The Bertz CT molecular complexity index is 689. The lowest BCUT2D eigenvalue weighted by atomic mass is 9.49. The Morgan fingerprint density at radius 3 is 2.68 bits per heavy atom. The fourth-order valence-electron chi connectivity index (χ4n) is 7.81. The first-order chi connectivity index (χ1) is 13.3. The molecule has 0 aromatic rings. The average molecular weight is 385 g/mol. The number of rotatable bonds is 4. The van der Waals surface area contributed by atoms with E-state index in [2.05, 4.69) is 39.8 Å². The molecule has 156 valence electrons. The summed E-state index contributed by atoms with van der Waals surface area (Å²) in [5.74, 6) is 3.69. The predicted molar refractivity (Wildman–Crippen MR) is 115 cm³/mol. The maximum absolute atomic E-state index is 11.6. The maximum Gasteiger partial charge on any atom is 0.305 e. The molecule has 0 aromatic heterocycles. The predicted octanol–water partition coefficient (Wildman–Crippen LogP) is 6.71. The molecule has 3 fully saturated rings. The number of allylic oxidation sites excluding steroid dienone is 4. The Morgan fingerprint density at radius 1 is 1.14 bits per heavy atom. The van der Waals surface area contributed by atoms with Crippen molar-refractivity contribution in [1.29, 1.82) is 0 Å². The standard InChI is InChI=1S/C26H40O2/c1-17-12-14-25(3)19(16-17)7-8-20-22-10-9-21(18(2)6-11-24(27)28-5)26(22,4)15-13-23(20)25/h7-8,17-18,21-23H,6,9-16H2,1-5H3/t17-,18+,21?,22?,23?,25-,26+/m0/s1. The molecule has 3 unspecified atom stereocenters. The molecule has 4 aliphatic rings. The number of hydrogen-bond donors (Lipinski definition) is 0. The summed E-state index contributed by atoms with van der Waals surface area (Å²) in [6.45, 7) is 9.96. The molecular formula is C26H40O2. The molecule has 0 amide bonds. The summed E-state index contributed by atoms with van der Waals surface area (Å²) in [7, 11) is 1.51. The maximum atomic E-state index is 11.6. The fourth-order valence-corrected chi connectivity index (χ4v) is 7.81. The van der Waals surface area contributed by atoms with Crippen molar-refractivity contribution in [2.24, 2.45) is 40.4 Å². The third-order valence-electron chi connectivity index (χ3n) is 9.61. The van der Waals surface area contributed by atoms with E-state index in [1.165, 1.54) is 52.1 Å². The molecule has 0 bridgehead atoms. The van der Waals surface area contributed by atoms with Gasteiger partial charge in [-0.1, -0.05) is 51.0 Å². The van der Waals surface area contributed by atoms with E-state index in [-0.39, 0.29) is 5.97 Å². The van der Waals surface area contributed by atoms with Crippen LogP contribution in [0.5, 0.6) is 0 Å². The van der Waals surface area contributed by atoms with Gasteiger partial charge in [0, 0.05) is 6.42 Å². The highest BCUT2D eigenvalue weighted by Crippen LogP contribution is 2.66. The molecule has 0 aliphatic heterocycles. The lowest BCUT2D eigenvalue weighted by molar-refractivity contribution is -0.141. The van der Waals surface area contributed by atoms with E-state index in [9.17, 15) is 4.79 Å². The topological polar surface area (TPSA) is 26.3 Å². The summed E-state index contributed by atoms with van der Waals surface area (Å²) in [5, 5.41) is 0. The highest BCUT2D eigenvalue weighted by atomic mass is 16.5. The molecule has 0 spiro atoms. The van der Waals surface area contributed by atoms with Crippen molar-refractivity contribution < 1.29 is 9.53 Å². The van der Waals surface area contributed by atoms with Crippen LogP contribution in [0.15, 0.2) is 23.3 Å². The Kier molecular flexibility index (Phi) is 5.30. The average Bonchev–Trinajstić information content (AvgIpc) is 3.03. The van der Waals surface area contributed by atoms with Crippen LogP contribution in [0.1, 0.15) is 85.5 Å². The fraction of sp³-hybridized carbons (Fsp3) is 0.808. The zero-order valence-corrected chi connectivity index (χ0v) is 18.7.